The number of alkyl carbamates (subject to hydrolysis) is 1. The quantitative estimate of drug-likeness (QED) is 0.505. The number of ether oxygens (including phenoxy) is 2. The number of nitrogens with one attached hydrogen (secondary N) is 3. The highest BCUT2D eigenvalue weighted by molar-refractivity contribution is 5.94. The van der Waals surface area contributed by atoms with E-state index in [0.29, 0.717) is 0 Å². The molecule has 1 heterocycles. The van der Waals surface area contributed by atoms with E-state index in [0.717, 1.165) is 23.6 Å². The van der Waals surface area contributed by atoms with E-state index in [4.69, 9.17) is 4.74 Å². The topological polar surface area (TPSA) is 130 Å². The van der Waals surface area contributed by atoms with Crippen LogP contribution in [0.2, 0.25) is 0 Å². The molecule has 0 aliphatic heterocycles. The molecule has 0 saturated carbocycles. The predicted octanol–water partition coefficient (Wildman–Crippen LogP) is 1.64. The molecule has 2 rings (SSSR count). The molecule has 2 unspecified atom stereocenters. The van der Waals surface area contributed by atoms with Gasteiger partial charge in [-0.3, -0.25) is 4.79 Å². The lowest BCUT2D eigenvalue weighted by molar-refractivity contribution is -0.147. The Morgan fingerprint density at radius 1 is 1.17 bits per heavy atom. The summed E-state index contributed by atoms with van der Waals surface area (Å²) in [5.41, 5.74) is -0.565. The molecule has 164 valence electrons. The first kappa shape index (κ1) is 23.2. The number of carbonyl (C=O) groups excluding carboxylic acids is 3. The smallest absolute Gasteiger partial charge is 0.408 e. The number of rotatable bonds is 7. The van der Waals surface area contributed by atoms with E-state index in [-0.39, 0.29) is 6.42 Å². The van der Waals surface area contributed by atoms with Crippen LogP contribution >= 0.6 is 0 Å². The van der Waals surface area contributed by atoms with Gasteiger partial charge in [-0.15, -0.1) is 0 Å². The second-order valence-electron chi connectivity index (χ2n) is 8.23. The molecule has 1 aromatic carbocycles. The first-order chi connectivity index (χ1) is 14.0. The maximum atomic E-state index is 13.1. The Labute approximate surface area is 175 Å². The molecular formula is C21H29N3O6. The number of aromatic amines is 1. The van der Waals surface area contributed by atoms with E-state index >= 15 is 0 Å². The molecule has 4 N–H and O–H groups in total. The zero-order valence-corrected chi connectivity index (χ0v) is 17.9. The van der Waals surface area contributed by atoms with Crippen LogP contribution in [-0.2, 0) is 25.5 Å². The van der Waals surface area contributed by atoms with E-state index in [1.54, 1.807) is 27.0 Å². The molecule has 30 heavy (non-hydrogen) atoms. The van der Waals surface area contributed by atoms with Gasteiger partial charge in [-0.1, -0.05) is 18.2 Å². The molecule has 9 nitrogen and oxygen atoms in total. The lowest BCUT2D eigenvalue weighted by Crippen LogP contribution is -2.61. The van der Waals surface area contributed by atoms with Gasteiger partial charge in [-0.2, -0.15) is 0 Å². The molecule has 0 spiro atoms. The summed E-state index contributed by atoms with van der Waals surface area (Å²) in [6, 6.07) is 6.30. The molecule has 0 aliphatic rings. The summed E-state index contributed by atoms with van der Waals surface area (Å²) in [6.07, 6.45) is 1.09. The summed E-state index contributed by atoms with van der Waals surface area (Å²) in [5.74, 6) is -1.46. The summed E-state index contributed by atoms with van der Waals surface area (Å²) in [5, 5.41) is 15.4. The molecule has 0 aliphatic carbocycles. The number of aliphatic hydroxyl groups is 1. The van der Waals surface area contributed by atoms with Crippen LogP contribution in [-0.4, -0.2) is 59.0 Å². The van der Waals surface area contributed by atoms with E-state index in [1.807, 2.05) is 24.3 Å². The van der Waals surface area contributed by atoms with E-state index < -0.39 is 41.8 Å². The molecule has 1 aromatic heterocycles. The fourth-order valence-corrected chi connectivity index (χ4v) is 3.01. The SMILES string of the molecule is COC(=O)C(CO)NC(=O)C(C)(Cc1c[nH]c2ccccc12)NC(=O)OC(C)(C)C. The third-order valence-corrected chi connectivity index (χ3v) is 4.47. The Morgan fingerprint density at radius 3 is 2.43 bits per heavy atom. The van der Waals surface area contributed by atoms with Crippen LogP contribution in [0.15, 0.2) is 30.5 Å². The summed E-state index contributed by atoms with van der Waals surface area (Å²) < 4.78 is 9.91. The highest BCUT2D eigenvalue weighted by Crippen LogP contribution is 2.23. The van der Waals surface area contributed by atoms with Crippen LogP contribution in [0, 0.1) is 0 Å². The average Bonchev–Trinajstić information content (AvgIpc) is 3.06. The van der Waals surface area contributed by atoms with Crippen molar-refractivity contribution >= 4 is 28.9 Å². The molecule has 0 radical (unpaired) electrons. The van der Waals surface area contributed by atoms with Crippen LogP contribution in [0.5, 0.6) is 0 Å². The lowest BCUT2D eigenvalue weighted by Gasteiger charge is -2.32. The zero-order chi connectivity index (χ0) is 22.5. The van der Waals surface area contributed by atoms with Gasteiger partial charge >= 0.3 is 12.1 Å². The van der Waals surface area contributed by atoms with Crippen LogP contribution < -0.4 is 10.6 Å². The Bertz CT molecular complexity index is 917. The number of methoxy groups -OCH3 is 1. The van der Waals surface area contributed by atoms with Crippen molar-refractivity contribution in [2.45, 2.75) is 51.3 Å². The Kier molecular flexibility index (Phi) is 7.09. The van der Waals surface area contributed by atoms with Gasteiger partial charge in [-0.25, -0.2) is 9.59 Å². The van der Waals surface area contributed by atoms with E-state index in [9.17, 15) is 19.5 Å². The van der Waals surface area contributed by atoms with Gasteiger partial charge < -0.3 is 30.2 Å². The fourth-order valence-electron chi connectivity index (χ4n) is 3.01. The van der Waals surface area contributed by atoms with Crippen molar-refractivity contribution in [2.75, 3.05) is 13.7 Å². The summed E-state index contributed by atoms with van der Waals surface area (Å²) in [7, 11) is 1.15. The minimum absolute atomic E-state index is 0.113. The number of para-hydroxylation sites is 1. The molecule has 0 fully saturated rings. The maximum Gasteiger partial charge on any atom is 0.408 e. The number of aromatic nitrogens is 1. The number of carbonyl (C=O) groups is 3. The van der Waals surface area contributed by atoms with Crippen LogP contribution in [0.3, 0.4) is 0 Å². The van der Waals surface area contributed by atoms with Crippen LogP contribution in [0.1, 0.15) is 33.3 Å². The van der Waals surface area contributed by atoms with Gasteiger partial charge in [0.1, 0.15) is 11.1 Å². The highest BCUT2D eigenvalue weighted by Gasteiger charge is 2.39. The number of hydrogen-bond acceptors (Lipinski definition) is 6. The highest BCUT2D eigenvalue weighted by atomic mass is 16.6. The van der Waals surface area contributed by atoms with Gasteiger partial charge in [-0.05, 0) is 39.3 Å². The lowest BCUT2D eigenvalue weighted by atomic mass is 9.91. The third-order valence-electron chi connectivity index (χ3n) is 4.47. The van der Waals surface area contributed by atoms with Gasteiger partial charge in [0.05, 0.1) is 13.7 Å². The summed E-state index contributed by atoms with van der Waals surface area (Å²) in [6.45, 7) is 6.02. The second-order valence-corrected chi connectivity index (χ2v) is 8.23. The number of H-pyrrole nitrogens is 1. The first-order valence-electron chi connectivity index (χ1n) is 9.55. The molecule has 0 saturated heterocycles. The Hall–Kier alpha value is -3.07. The predicted molar refractivity (Wildman–Crippen MR) is 111 cm³/mol. The molecular weight excluding hydrogens is 390 g/mol. The fraction of sp³-hybridized carbons (Fsp3) is 0.476. The van der Waals surface area contributed by atoms with Crippen LogP contribution in [0.25, 0.3) is 10.9 Å². The maximum absolute atomic E-state index is 13.1. The van der Waals surface area contributed by atoms with Crippen molar-refractivity contribution < 1.29 is 29.0 Å². The van der Waals surface area contributed by atoms with Crippen LogP contribution in [0.4, 0.5) is 4.79 Å². The van der Waals surface area contributed by atoms with Crippen molar-refractivity contribution in [1.29, 1.82) is 0 Å². The van der Waals surface area contributed by atoms with E-state index in [1.165, 1.54) is 6.92 Å². The number of esters is 1. The average molecular weight is 419 g/mol. The molecule has 9 heteroatoms. The van der Waals surface area contributed by atoms with Crippen molar-refractivity contribution in [3.05, 3.63) is 36.0 Å². The Balaban J connectivity index is 2.34. The number of fused-ring (bicyclic) bond motifs is 1. The molecule has 2 aromatic rings. The van der Waals surface area contributed by atoms with Crippen molar-refractivity contribution in [3.8, 4) is 0 Å². The monoisotopic (exact) mass is 419 g/mol. The molecule has 2 atom stereocenters. The number of hydrogen-bond donors (Lipinski definition) is 4. The van der Waals surface area contributed by atoms with Gasteiger partial charge in [0.25, 0.3) is 0 Å². The molecule has 2 amide bonds. The number of amides is 2. The number of benzene rings is 1. The second kappa shape index (κ2) is 9.17. The molecule has 0 bridgehead atoms. The zero-order valence-electron chi connectivity index (χ0n) is 17.9. The Morgan fingerprint density at radius 2 is 1.83 bits per heavy atom. The first-order valence-corrected chi connectivity index (χ1v) is 9.55. The normalized spacial score (nSPS) is 14.5. The minimum Gasteiger partial charge on any atom is -0.467 e. The van der Waals surface area contributed by atoms with Gasteiger partial charge in [0, 0.05) is 23.5 Å². The summed E-state index contributed by atoms with van der Waals surface area (Å²) >= 11 is 0. The third kappa shape index (κ3) is 5.73. The van der Waals surface area contributed by atoms with E-state index in [2.05, 4.69) is 20.4 Å². The largest absolute Gasteiger partial charge is 0.467 e. The van der Waals surface area contributed by atoms with Gasteiger partial charge in [0.2, 0.25) is 5.91 Å². The summed E-state index contributed by atoms with van der Waals surface area (Å²) in [4.78, 5) is 40.5. The van der Waals surface area contributed by atoms with Crippen molar-refractivity contribution in [3.63, 3.8) is 0 Å². The van der Waals surface area contributed by atoms with Crippen molar-refractivity contribution in [1.82, 2.24) is 15.6 Å². The standard InChI is InChI=1S/C21H29N3O6/c1-20(2,3)30-19(28)24-21(4,18(27)23-16(12-25)17(26)29-5)10-13-11-22-15-9-7-6-8-14(13)15/h6-9,11,16,22,25H,10,12H2,1-5H3,(H,23,27)(H,24,28). The van der Waals surface area contributed by atoms with Gasteiger partial charge in [0.15, 0.2) is 6.04 Å². The minimum atomic E-state index is -1.48. The number of aliphatic hydroxyl groups excluding tert-OH is 1. The van der Waals surface area contributed by atoms with Crippen molar-refractivity contribution in [2.24, 2.45) is 0 Å².